The zero-order valence-corrected chi connectivity index (χ0v) is 19.0. The second-order valence-corrected chi connectivity index (χ2v) is 8.58. The number of halogens is 1. The average Bonchev–Trinajstić information content (AvgIpc) is 2.60. The fraction of sp³-hybridized carbons (Fsp3) is 0.611. The molecule has 0 spiro atoms. The van der Waals surface area contributed by atoms with E-state index in [1.54, 1.807) is 4.31 Å². The minimum Gasteiger partial charge on any atom is -0.357 e. The van der Waals surface area contributed by atoms with Crippen molar-refractivity contribution in [2.24, 2.45) is 10.9 Å². The lowest BCUT2D eigenvalue weighted by Gasteiger charge is -2.29. The molecule has 148 valence electrons. The van der Waals surface area contributed by atoms with E-state index in [4.69, 9.17) is 4.99 Å². The minimum atomic E-state index is -3.06. The molecule has 1 aromatic rings. The second-order valence-electron chi connectivity index (χ2n) is 6.60. The molecule has 1 heterocycles. The van der Waals surface area contributed by atoms with Gasteiger partial charge < -0.3 is 10.6 Å². The van der Waals surface area contributed by atoms with Crippen LogP contribution >= 0.6 is 24.0 Å². The lowest BCUT2D eigenvalue weighted by atomic mass is 9.98. The molecule has 1 aliphatic rings. The molecule has 1 fully saturated rings. The zero-order chi connectivity index (χ0) is 18.3. The lowest BCUT2D eigenvalue weighted by molar-refractivity contribution is 0.280. The Morgan fingerprint density at radius 1 is 1.27 bits per heavy atom. The minimum absolute atomic E-state index is 0. The first kappa shape index (κ1) is 23.2. The largest absolute Gasteiger partial charge is 0.357 e. The molecule has 0 saturated carbocycles. The van der Waals surface area contributed by atoms with Crippen LogP contribution in [-0.4, -0.2) is 51.1 Å². The highest BCUT2D eigenvalue weighted by atomic mass is 127. The van der Waals surface area contributed by atoms with Gasteiger partial charge in [-0.25, -0.2) is 12.7 Å². The summed E-state index contributed by atoms with van der Waals surface area (Å²) in [6.45, 7) is 6.89. The van der Waals surface area contributed by atoms with Gasteiger partial charge in [0.25, 0.3) is 0 Å². The third-order valence-corrected chi connectivity index (χ3v) is 5.85. The number of rotatable bonds is 6. The summed E-state index contributed by atoms with van der Waals surface area (Å²) in [7, 11) is -3.06. The summed E-state index contributed by atoms with van der Waals surface area (Å²) in [6.07, 6.45) is 3.01. The van der Waals surface area contributed by atoms with E-state index in [0.29, 0.717) is 25.6 Å². The monoisotopic (exact) mass is 494 g/mol. The molecular weight excluding hydrogens is 463 g/mol. The smallest absolute Gasteiger partial charge is 0.211 e. The van der Waals surface area contributed by atoms with Crippen LogP contribution in [0.4, 0.5) is 0 Å². The number of guanidine groups is 1. The van der Waals surface area contributed by atoms with Gasteiger partial charge in [0, 0.05) is 26.2 Å². The normalized spacial score (nSPS) is 18.0. The maximum absolute atomic E-state index is 11.6. The quantitative estimate of drug-likeness (QED) is 0.362. The third-order valence-electron chi connectivity index (χ3n) is 4.55. The van der Waals surface area contributed by atoms with E-state index < -0.39 is 10.0 Å². The van der Waals surface area contributed by atoms with E-state index in [1.165, 1.54) is 11.8 Å². The Labute approximate surface area is 174 Å². The van der Waals surface area contributed by atoms with E-state index >= 15 is 0 Å². The van der Waals surface area contributed by atoms with E-state index in [-0.39, 0.29) is 30.0 Å². The highest BCUT2D eigenvalue weighted by Crippen LogP contribution is 2.19. The topological polar surface area (TPSA) is 73.8 Å². The molecule has 6 nitrogen and oxygen atoms in total. The van der Waals surface area contributed by atoms with Crippen molar-refractivity contribution >= 4 is 40.0 Å². The molecule has 1 unspecified atom stereocenters. The SMILES string of the molecule is CCNC(=NCC1CCN(S(C)(=O)=O)CC1)NC(C)c1ccccc1.I. The molecule has 2 rings (SSSR count). The van der Waals surface area contributed by atoms with Gasteiger partial charge in [-0.2, -0.15) is 0 Å². The predicted octanol–water partition coefficient (Wildman–Crippen LogP) is 2.59. The molecule has 1 aliphatic heterocycles. The number of nitrogens with one attached hydrogen (secondary N) is 2. The van der Waals surface area contributed by atoms with Gasteiger partial charge in [0.15, 0.2) is 5.96 Å². The fourth-order valence-electron chi connectivity index (χ4n) is 2.99. The lowest BCUT2D eigenvalue weighted by Crippen LogP contribution is -2.40. The van der Waals surface area contributed by atoms with Gasteiger partial charge in [-0.3, -0.25) is 4.99 Å². The van der Waals surface area contributed by atoms with Crippen molar-refractivity contribution in [3.8, 4) is 0 Å². The van der Waals surface area contributed by atoms with Gasteiger partial charge in [-0.05, 0) is 38.2 Å². The van der Waals surface area contributed by atoms with Crippen LogP contribution in [-0.2, 0) is 10.0 Å². The van der Waals surface area contributed by atoms with Gasteiger partial charge in [0.1, 0.15) is 0 Å². The van der Waals surface area contributed by atoms with Crippen molar-refractivity contribution in [3.63, 3.8) is 0 Å². The summed E-state index contributed by atoms with van der Waals surface area (Å²) in [4.78, 5) is 4.72. The first-order valence-electron chi connectivity index (χ1n) is 8.95. The molecule has 1 aromatic carbocycles. The number of hydrogen-bond donors (Lipinski definition) is 2. The molecule has 0 amide bonds. The zero-order valence-electron chi connectivity index (χ0n) is 15.8. The molecule has 0 bridgehead atoms. The Kier molecular flexibility index (Phi) is 9.88. The van der Waals surface area contributed by atoms with Crippen LogP contribution in [0.25, 0.3) is 0 Å². The number of hydrogen-bond acceptors (Lipinski definition) is 3. The number of nitrogens with zero attached hydrogens (tertiary/aromatic N) is 2. The van der Waals surface area contributed by atoms with E-state index in [1.807, 2.05) is 18.2 Å². The van der Waals surface area contributed by atoms with Crippen molar-refractivity contribution in [2.45, 2.75) is 32.7 Å². The number of benzene rings is 1. The van der Waals surface area contributed by atoms with E-state index in [9.17, 15) is 8.42 Å². The standard InChI is InChI=1S/C18H30N4O2S.HI/c1-4-19-18(21-15(2)17-8-6-5-7-9-17)20-14-16-10-12-22(13-11-16)25(3,23)24;/h5-9,15-16H,4,10-14H2,1-3H3,(H2,19,20,21);1H. The molecule has 26 heavy (non-hydrogen) atoms. The van der Waals surface area contributed by atoms with Crippen molar-refractivity contribution < 1.29 is 8.42 Å². The maximum atomic E-state index is 11.6. The average molecular weight is 494 g/mol. The number of piperidine rings is 1. The highest BCUT2D eigenvalue weighted by molar-refractivity contribution is 14.0. The molecule has 1 atom stereocenters. The Hall–Kier alpha value is -0.870. The summed E-state index contributed by atoms with van der Waals surface area (Å²) in [5, 5.41) is 6.73. The van der Waals surface area contributed by atoms with Gasteiger partial charge in [-0.1, -0.05) is 30.3 Å². The summed E-state index contributed by atoms with van der Waals surface area (Å²) >= 11 is 0. The van der Waals surface area contributed by atoms with Gasteiger partial charge in [0.2, 0.25) is 10.0 Å². The van der Waals surface area contributed by atoms with Gasteiger partial charge >= 0.3 is 0 Å². The van der Waals surface area contributed by atoms with Crippen molar-refractivity contribution in [2.75, 3.05) is 32.4 Å². The number of aliphatic imine (C=N–C) groups is 1. The molecule has 1 saturated heterocycles. The molecule has 0 aromatic heterocycles. The van der Waals surface area contributed by atoms with Crippen molar-refractivity contribution in [1.82, 2.24) is 14.9 Å². The Balaban J connectivity index is 0.00000338. The van der Waals surface area contributed by atoms with E-state index in [0.717, 1.165) is 25.3 Å². The molecule has 0 aliphatic carbocycles. The Bertz CT molecular complexity index is 659. The number of sulfonamides is 1. The maximum Gasteiger partial charge on any atom is 0.211 e. The highest BCUT2D eigenvalue weighted by Gasteiger charge is 2.24. The van der Waals surface area contributed by atoms with Crippen LogP contribution in [0.5, 0.6) is 0 Å². The van der Waals surface area contributed by atoms with Crippen molar-refractivity contribution in [1.29, 1.82) is 0 Å². The van der Waals surface area contributed by atoms with Crippen LogP contribution in [0.2, 0.25) is 0 Å². The molecule has 0 radical (unpaired) electrons. The summed E-state index contributed by atoms with van der Waals surface area (Å²) in [6, 6.07) is 10.5. The van der Waals surface area contributed by atoms with Gasteiger partial charge in [0.05, 0.1) is 12.3 Å². The molecular formula is C18H31IN4O2S. The van der Waals surface area contributed by atoms with Crippen LogP contribution in [0.3, 0.4) is 0 Å². The first-order chi connectivity index (χ1) is 11.9. The molecule has 8 heteroatoms. The van der Waals surface area contributed by atoms with Crippen LogP contribution in [0, 0.1) is 5.92 Å². The first-order valence-corrected chi connectivity index (χ1v) is 10.8. The Morgan fingerprint density at radius 3 is 2.42 bits per heavy atom. The van der Waals surface area contributed by atoms with Gasteiger partial charge in [-0.15, -0.1) is 24.0 Å². The predicted molar refractivity (Wildman–Crippen MR) is 119 cm³/mol. The summed E-state index contributed by atoms with van der Waals surface area (Å²) < 4.78 is 24.7. The van der Waals surface area contributed by atoms with Crippen LogP contribution in [0.1, 0.15) is 38.3 Å². The van der Waals surface area contributed by atoms with Crippen LogP contribution in [0.15, 0.2) is 35.3 Å². The van der Waals surface area contributed by atoms with Crippen molar-refractivity contribution in [3.05, 3.63) is 35.9 Å². The van der Waals surface area contributed by atoms with E-state index in [2.05, 4.69) is 36.6 Å². The fourth-order valence-corrected chi connectivity index (χ4v) is 3.87. The van der Waals surface area contributed by atoms with Crippen LogP contribution < -0.4 is 10.6 Å². The summed E-state index contributed by atoms with van der Waals surface area (Å²) in [5.41, 5.74) is 1.22. The Morgan fingerprint density at radius 2 is 1.88 bits per heavy atom. The molecule has 2 N–H and O–H groups in total. The third kappa shape index (κ3) is 7.40. The second kappa shape index (κ2) is 11.1. The summed E-state index contributed by atoms with van der Waals surface area (Å²) in [5.74, 6) is 1.24.